The van der Waals surface area contributed by atoms with Gasteiger partial charge in [-0.05, 0) is 56.2 Å². The zero-order chi connectivity index (χ0) is 20.5. The van der Waals surface area contributed by atoms with Crippen LogP contribution in [0.3, 0.4) is 0 Å². The molecular formula is C22H20N4O3. The topological polar surface area (TPSA) is 96.6 Å². The third-order valence-electron chi connectivity index (χ3n) is 5.01. The zero-order valence-electron chi connectivity index (χ0n) is 16.1. The standard InChI is InChI=1S/C22H20N4O3/c1-13-17(10-11-20(27)24-16-7-5-6-15(12-16)22(28)29)14(2)26-21(23-13)18-8-3-4-9-19(18)25-26/h3-9,12H,10-11H2,1-2H3,(H,24,27)(H,28,29). The number of nitrogens with zero attached hydrogens (tertiary/aromatic N) is 3. The Morgan fingerprint density at radius 3 is 2.69 bits per heavy atom. The number of nitrogens with one attached hydrogen (secondary N) is 1. The van der Waals surface area contributed by atoms with Crippen molar-refractivity contribution < 1.29 is 14.7 Å². The molecule has 2 heterocycles. The van der Waals surface area contributed by atoms with E-state index in [0.29, 0.717) is 12.1 Å². The molecule has 0 unspecified atom stereocenters. The van der Waals surface area contributed by atoms with Crippen molar-refractivity contribution in [3.8, 4) is 0 Å². The van der Waals surface area contributed by atoms with E-state index in [1.165, 1.54) is 12.1 Å². The minimum Gasteiger partial charge on any atom is -0.478 e. The highest BCUT2D eigenvalue weighted by Gasteiger charge is 2.15. The van der Waals surface area contributed by atoms with Crippen LogP contribution >= 0.6 is 0 Å². The summed E-state index contributed by atoms with van der Waals surface area (Å²) in [6.45, 7) is 3.93. The second-order valence-corrected chi connectivity index (χ2v) is 6.95. The predicted octanol–water partition coefficient (Wildman–Crippen LogP) is 3.77. The highest BCUT2D eigenvalue weighted by atomic mass is 16.4. The summed E-state index contributed by atoms with van der Waals surface area (Å²) in [7, 11) is 0. The molecule has 0 spiro atoms. The number of aromatic carboxylic acids is 1. The monoisotopic (exact) mass is 388 g/mol. The van der Waals surface area contributed by atoms with Crippen LogP contribution in [0.4, 0.5) is 5.69 Å². The van der Waals surface area contributed by atoms with Crippen molar-refractivity contribution in [2.24, 2.45) is 0 Å². The van der Waals surface area contributed by atoms with Gasteiger partial charge >= 0.3 is 5.97 Å². The maximum atomic E-state index is 12.4. The molecule has 7 heteroatoms. The fraction of sp³-hybridized carbons (Fsp3) is 0.182. The second-order valence-electron chi connectivity index (χ2n) is 6.95. The van der Waals surface area contributed by atoms with E-state index in [1.54, 1.807) is 12.1 Å². The molecule has 2 aromatic carbocycles. The normalized spacial score (nSPS) is 11.1. The summed E-state index contributed by atoms with van der Waals surface area (Å²) in [6.07, 6.45) is 0.772. The summed E-state index contributed by atoms with van der Waals surface area (Å²) in [5, 5.41) is 17.5. The molecule has 4 aromatic rings. The molecule has 0 atom stereocenters. The van der Waals surface area contributed by atoms with Crippen molar-refractivity contribution in [1.29, 1.82) is 0 Å². The first-order valence-electron chi connectivity index (χ1n) is 9.31. The molecule has 146 valence electrons. The summed E-state index contributed by atoms with van der Waals surface area (Å²) in [4.78, 5) is 28.2. The van der Waals surface area contributed by atoms with Crippen molar-refractivity contribution in [1.82, 2.24) is 14.6 Å². The third-order valence-corrected chi connectivity index (χ3v) is 5.01. The van der Waals surface area contributed by atoms with Crippen LogP contribution in [-0.2, 0) is 11.2 Å². The molecule has 2 aromatic heterocycles. The lowest BCUT2D eigenvalue weighted by molar-refractivity contribution is -0.116. The largest absolute Gasteiger partial charge is 0.478 e. The van der Waals surface area contributed by atoms with Crippen LogP contribution in [0.1, 0.15) is 33.7 Å². The van der Waals surface area contributed by atoms with Crippen molar-refractivity contribution in [3.05, 3.63) is 71.0 Å². The number of carboxylic acid groups (broad SMARTS) is 1. The fourth-order valence-corrected chi connectivity index (χ4v) is 3.53. The smallest absolute Gasteiger partial charge is 0.335 e. The number of hydrogen-bond donors (Lipinski definition) is 2. The number of aryl methyl sites for hydroxylation is 2. The molecule has 7 nitrogen and oxygen atoms in total. The predicted molar refractivity (Wildman–Crippen MR) is 110 cm³/mol. The lowest BCUT2D eigenvalue weighted by Gasteiger charge is -2.11. The molecule has 4 rings (SSSR count). The summed E-state index contributed by atoms with van der Waals surface area (Å²) >= 11 is 0. The van der Waals surface area contributed by atoms with Gasteiger partial charge in [0, 0.05) is 28.9 Å². The van der Waals surface area contributed by atoms with Crippen molar-refractivity contribution in [2.75, 3.05) is 5.32 Å². The van der Waals surface area contributed by atoms with E-state index in [1.807, 2.05) is 42.6 Å². The van der Waals surface area contributed by atoms with Gasteiger partial charge in [-0.1, -0.05) is 18.2 Å². The maximum Gasteiger partial charge on any atom is 0.335 e. The summed E-state index contributed by atoms with van der Waals surface area (Å²) < 4.78 is 1.83. The highest BCUT2D eigenvalue weighted by molar-refractivity contribution is 5.94. The molecule has 0 saturated heterocycles. The lowest BCUT2D eigenvalue weighted by atomic mass is 10.1. The quantitative estimate of drug-likeness (QED) is 0.542. The van der Waals surface area contributed by atoms with Gasteiger partial charge in [0.2, 0.25) is 5.91 Å². The Hall–Kier alpha value is -3.74. The Kier molecular flexibility index (Phi) is 4.72. The van der Waals surface area contributed by atoms with Gasteiger partial charge in [-0.25, -0.2) is 14.3 Å². The van der Waals surface area contributed by atoms with Gasteiger partial charge in [-0.15, -0.1) is 0 Å². The van der Waals surface area contributed by atoms with Gasteiger partial charge in [-0.2, -0.15) is 5.10 Å². The number of amides is 1. The van der Waals surface area contributed by atoms with Crippen LogP contribution in [0, 0.1) is 13.8 Å². The zero-order valence-corrected chi connectivity index (χ0v) is 16.1. The molecule has 0 aliphatic carbocycles. The van der Waals surface area contributed by atoms with Crippen molar-refractivity contribution in [2.45, 2.75) is 26.7 Å². The molecule has 0 aliphatic rings. The molecule has 0 bridgehead atoms. The number of carbonyl (C=O) groups is 2. The SMILES string of the molecule is Cc1nc2c3ccccc3nn2c(C)c1CCC(=O)Nc1cccc(C(=O)O)c1. The lowest BCUT2D eigenvalue weighted by Crippen LogP contribution is -2.14. The average molecular weight is 388 g/mol. The minimum absolute atomic E-state index is 0.134. The maximum absolute atomic E-state index is 12.4. The highest BCUT2D eigenvalue weighted by Crippen LogP contribution is 2.23. The number of carbonyl (C=O) groups excluding carboxylic acids is 1. The van der Waals surface area contributed by atoms with Gasteiger partial charge in [0.15, 0.2) is 5.65 Å². The van der Waals surface area contributed by atoms with E-state index in [4.69, 9.17) is 10.1 Å². The number of hydrogen-bond acceptors (Lipinski definition) is 4. The average Bonchev–Trinajstić information content (AvgIpc) is 3.07. The Bertz CT molecular complexity index is 1260. The number of aromatic nitrogens is 3. The van der Waals surface area contributed by atoms with Crippen LogP contribution in [0.15, 0.2) is 48.5 Å². The van der Waals surface area contributed by atoms with E-state index < -0.39 is 5.97 Å². The van der Waals surface area contributed by atoms with Crippen molar-refractivity contribution >= 4 is 34.1 Å². The van der Waals surface area contributed by atoms with Crippen LogP contribution in [0.25, 0.3) is 16.6 Å². The van der Waals surface area contributed by atoms with Crippen LogP contribution in [0.5, 0.6) is 0 Å². The summed E-state index contributed by atoms with van der Waals surface area (Å²) in [5.41, 5.74) is 5.13. The molecule has 0 aliphatic heterocycles. The van der Waals surface area contributed by atoms with Crippen molar-refractivity contribution in [3.63, 3.8) is 0 Å². The van der Waals surface area contributed by atoms with E-state index in [2.05, 4.69) is 10.4 Å². The summed E-state index contributed by atoms with van der Waals surface area (Å²) in [5.74, 6) is -1.21. The van der Waals surface area contributed by atoms with Gasteiger partial charge < -0.3 is 10.4 Å². The van der Waals surface area contributed by atoms with Gasteiger partial charge in [0.05, 0.1) is 11.1 Å². The van der Waals surface area contributed by atoms with E-state index in [0.717, 1.165) is 33.5 Å². The van der Waals surface area contributed by atoms with Crippen LogP contribution in [0.2, 0.25) is 0 Å². The van der Waals surface area contributed by atoms with E-state index in [-0.39, 0.29) is 17.9 Å². The van der Waals surface area contributed by atoms with Crippen LogP contribution in [-0.4, -0.2) is 31.6 Å². The fourth-order valence-electron chi connectivity index (χ4n) is 3.53. The van der Waals surface area contributed by atoms with Crippen LogP contribution < -0.4 is 5.32 Å². The first-order chi connectivity index (χ1) is 13.9. The van der Waals surface area contributed by atoms with Gasteiger partial charge in [0.1, 0.15) is 0 Å². The minimum atomic E-state index is -1.03. The number of rotatable bonds is 5. The second kappa shape index (κ2) is 7.35. The number of anilines is 1. The molecule has 2 N–H and O–H groups in total. The molecule has 1 amide bonds. The molecule has 0 saturated carbocycles. The third kappa shape index (κ3) is 3.54. The molecule has 0 radical (unpaired) electrons. The number of carboxylic acids is 1. The first kappa shape index (κ1) is 18.6. The first-order valence-corrected chi connectivity index (χ1v) is 9.31. The van der Waals surface area contributed by atoms with E-state index in [9.17, 15) is 9.59 Å². The Morgan fingerprint density at radius 2 is 1.90 bits per heavy atom. The molecule has 0 fully saturated rings. The molecule has 29 heavy (non-hydrogen) atoms. The van der Waals surface area contributed by atoms with E-state index >= 15 is 0 Å². The Labute approximate surface area is 167 Å². The molecular weight excluding hydrogens is 368 g/mol. The summed E-state index contributed by atoms with van der Waals surface area (Å²) in [6, 6.07) is 14.1. The van der Waals surface area contributed by atoms with Gasteiger partial charge in [0.25, 0.3) is 0 Å². The van der Waals surface area contributed by atoms with Gasteiger partial charge in [-0.3, -0.25) is 4.79 Å². The Morgan fingerprint density at radius 1 is 1.10 bits per heavy atom. The number of fused-ring (bicyclic) bond motifs is 3. The Balaban J connectivity index is 1.55. The number of benzene rings is 2.